The fraction of sp³-hybridized carbons (Fsp3) is 0.455. The van der Waals surface area contributed by atoms with Gasteiger partial charge in [0, 0.05) is 44.8 Å². The topological polar surface area (TPSA) is 45.2 Å². The van der Waals surface area contributed by atoms with Gasteiger partial charge < -0.3 is 14.6 Å². The predicted molar refractivity (Wildman–Crippen MR) is 106 cm³/mol. The molecule has 0 atom stereocenters. The molecule has 27 heavy (non-hydrogen) atoms. The molecule has 2 aliphatic rings. The summed E-state index contributed by atoms with van der Waals surface area (Å²) >= 11 is 0. The molecule has 5 nitrogen and oxygen atoms in total. The first-order valence-electron chi connectivity index (χ1n) is 9.78. The van der Waals surface area contributed by atoms with Gasteiger partial charge in [0.15, 0.2) is 11.5 Å². The molecule has 1 saturated heterocycles. The summed E-state index contributed by atoms with van der Waals surface area (Å²) in [5, 5.41) is 10.6. The number of morpholine rings is 1. The van der Waals surface area contributed by atoms with Crippen LogP contribution >= 0.6 is 0 Å². The minimum atomic E-state index is 0.237. The molecule has 0 amide bonds. The van der Waals surface area contributed by atoms with Crippen LogP contribution in [0, 0.1) is 6.92 Å². The predicted octanol–water partition coefficient (Wildman–Crippen LogP) is 2.89. The normalized spacial score (nSPS) is 18.6. The fourth-order valence-corrected chi connectivity index (χ4v) is 3.90. The molecule has 0 aromatic heterocycles. The molecule has 2 heterocycles. The second kappa shape index (κ2) is 8.30. The number of aromatic hydroxyl groups is 1. The lowest BCUT2D eigenvalue weighted by Crippen LogP contribution is -2.41. The van der Waals surface area contributed by atoms with Crippen LogP contribution in [0.2, 0.25) is 0 Å². The van der Waals surface area contributed by atoms with Crippen molar-refractivity contribution >= 4 is 0 Å². The molecule has 144 valence electrons. The number of rotatable bonds is 4. The highest BCUT2D eigenvalue weighted by molar-refractivity contribution is 5.71. The first-order chi connectivity index (χ1) is 13.2. The van der Waals surface area contributed by atoms with Crippen molar-refractivity contribution in [1.29, 1.82) is 0 Å². The molecular weight excluding hydrogens is 340 g/mol. The third-order valence-corrected chi connectivity index (χ3v) is 5.49. The van der Waals surface area contributed by atoms with Gasteiger partial charge in [0.25, 0.3) is 0 Å². The van der Waals surface area contributed by atoms with E-state index in [1.54, 1.807) is 0 Å². The van der Waals surface area contributed by atoms with E-state index in [-0.39, 0.29) is 5.75 Å². The standard InChI is InChI=1S/C22H28N2O3/c1-17-4-2-3-5-20(17)18-14-19-16-24(7-6-23-8-11-26-12-9-23)10-13-27-22(19)21(25)15-18/h2-5,14-15,25H,6-13,16H2,1H3. The Bertz CT molecular complexity index is 787. The molecule has 4 rings (SSSR count). The highest BCUT2D eigenvalue weighted by Crippen LogP contribution is 2.38. The monoisotopic (exact) mass is 368 g/mol. The molecule has 1 fully saturated rings. The minimum Gasteiger partial charge on any atom is -0.504 e. The number of nitrogens with zero attached hydrogens (tertiary/aromatic N) is 2. The maximum absolute atomic E-state index is 10.6. The molecule has 2 aromatic rings. The highest BCUT2D eigenvalue weighted by Gasteiger charge is 2.21. The lowest BCUT2D eigenvalue weighted by Gasteiger charge is -2.29. The largest absolute Gasteiger partial charge is 0.504 e. The number of hydrogen-bond acceptors (Lipinski definition) is 5. The van der Waals surface area contributed by atoms with Gasteiger partial charge >= 0.3 is 0 Å². The van der Waals surface area contributed by atoms with Gasteiger partial charge in [0.2, 0.25) is 0 Å². The van der Waals surface area contributed by atoms with Crippen LogP contribution in [-0.4, -0.2) is 67.5 Å². The van der Waals surface area contributed by atoms with E-state index in [0.29, 0.717) is 12.4 Å². The summed E-state index contributed by atoms with van der Waals surface area (Å²) in [5.41, 5.74) is 4.46. The molecule has 0 aliphatic carbocycles. The van der Waals surface area contributed by atoms with E-state index >= 15 is 0 Å². The van der Waals surface area contributed by atoms with Crippen molar-refractivity contribution in [2.24, 2.45) is 0 Å². The summed E-state index contributed by atoms with van der Waals surface area (Å²) in [6.07, 6.45) is 0. The lowest BCUT2D eigenvalue weighted by atomic mass is 9.98. The molecule has 0 bridgehead atoms. The summed E-state index contributed by atoms with van der Waals surface area (Å²) in [5.74, 6) is 0.877. The summed E-state index contributed by atoms with van der Waals surface area (Å²) in [6, 6.07) is 12.3. The molecular formula is C22H28N2O3. The molecule has 0 unspecified atom stereocenters. The van der Waals surface area contributed by atoms with Crippen molar-refractivity contribution in [2.45, 2.75) is 13.5 Å². The number of ether oxygens (including phenoxy) is 2. The van der Waals surface area contributed by atoms with Gasteiger partial charge in [0.1, 0.15) is 6.61 Å². The maximum atomic E-state index is 10.6. The Morgan fingerprint density at radius 1 is 0.963 bits per heavy atom. The zero-order valence-corrected chi connectivity index (χ0v) is 16.0. The molecule has 1 N–H and O–H groups in total. The van der Waals surface area contributed by atoms with Gasteiger partial charge in [-0.1, -0.05) is 24.3 Å². The van der Waals surface area contributed by atoms with Crippen LogP contribution in [0.25, 0.3) is 11.1 Å². The molecule has 0 spiro atoms. The van der Waals surface area contributed by atoms with E-state index in [2.05, 4.69) is 34.9 Å². The highest BCUT2D eigenvalue weighted by atomic mass is 16.5. The molecule has 5 heteroatoms. The smallest absolute Gasteiger partial charge is 0.165 e. The minimum absolute atomic E-state index is 0.237. The van der Waals surface area contributed by atoms with Crippen LogP contribution in [0.3, 0.4) is 0 Å². The Kier molecular flexibility index (Phi) is 5.62. The van der Waals surface area contributed by atoms with Gasteiger partial charge in [-0.2, -0.15) is 0 Å². The van der Waals surface area contributed by atoms with Crippen LogP contribution in [0.5, 0.6) is 11.5 Å². The van der Waals surface area contributed by atoms with E-state index in [1.165, 1.54) is 5.56 Å². The first-order valence-corrected chi connectivity index (χ1v) is 9.78. The number of aryl methyl sites for hydroxylation is 1. The van der Waals surface area contributed by atoms with Gasteiger partial charge in [-0.15, -0.1) is 0 Å². The van der Waals surface area contributed by atoms with Crippen molar-refractivity contribution in [3.05, 3.63) is 47.5 Å². The zero-order chi connectivity index (χ0) is 18.6. The van der Waals surface area contributed by atoms with Crippen molar-refractivity contribution in [1.82, 2.24) is 9.80 Å². The van der Waals surface area contributed by atoms with Crippen molar-refractivity contribution in [3.63, 3.8) is 0 Å². The number of phenolic OH excluding ortho intramolecular Hbond substituents is 1. The fourth-order valence-electron chi connectivity index (χ4n) is 3.90. The van der Waals surface area contributed by atoms with E-state index in [1.807, 2.05) is 18.2 Å². The van der Waals surface area contributed by atoms with Crippen LogP contribution in [0.15, 0.2) is 36.4 Å². The molecule has 2 aromatic carbocycles. The molecule has 2 aliphatic heterocycles. The van der Waals surface area contributed by atoms with Crippen molar-refractivity contribution in [3.8, 4) is 22.6 Å². The third-order valence-electron chi connectivity index (χ3n) is 5.49. The number of benzene rings is 2. The van der Waals surface area contributed by atoms with E-state index in [0.717, 1.165) is 69.2 Å². The zero-order valence-electron chi connectivity index (χ0n) is 16.0. The molecule has 0 saturated carbocycles. The third kappa shape index (κ3) is 4.26. The lowest BCUT2D eigenvalue weighted by molar-refractivity contribution is 0.0327. The Labute approximate surface area is 161 Å². The average molecular weight is 368 g/mol. The van der Waals surface area contributed by atoms with Gasteiger partial charge in [-0.05, 0) is 35.7 Å². The Morgan fingerprint density at radius 3 is 2.52 bits per heavy atom. The van der Waals surface area contributed by atoms with Crippen LogP contribution in [0.4, 0.5) is 0 Å². The van der Waals surface area contributed by atoms with Crippen molar-refractivity contribution < 1.29 is 14.6 Å². The van der Waals surface area contributed by atoms with Crippen LogP contribution in [0.1, 0.15) is 11.1 Å². The first kappa shape index (κ1) is 18.3. The van der Waals surface area contributed by atoms with E-state index in [4.69, 9.17) is 9.47 Å². The SMILES string of the molecule is Cc1ccccc1-c1cc(O)c2c(c1)CN(CCN1CCOCC1)CCO2. The number of phenols is 1. The van der Waals surface area contributed by atoms with E-state index < -0.39 is 0 Å². The quantitative estimate of drug-likeness (QED) is 0.899. The van der Waals surface area contributed by atoms with Gasteiger partial charge in [-0.3, -0.25) is 9.80 Å². The summed E-state index contributed by atoms with van der Waals surface area (Å²) in [6.45, 7) is 10.1. The Balaban J connectivity index is 1.53. The molecule has 0 radical (unpaired) electrons. The second-order valence-corrected chi connectivity index (χ2v) is 7.38. The van der Waals surface area contributed by atoms with Crippen LogP contribution < -0.4 is 4.74 Å². The van der Waals surface area contributed by atoms with E-state index in [9.17, 15) is 5.11 Å². The summed E-state index contributed by atoms with van der Waals surface area (Å²) in [4.78, 5) is 4.87. The Hall–Kier alpha value is -2.08. The van der Waals surface area contributed by atoms with Crippen LogP contribution in [-0.2, 0) is 11.3 Å². The van der Waals surface area contributed by atoms with Gasteiger partial charge in [0.05, 0.1) is 13.2 Å². The summed E-state index contributed by atoms with van der Waals surface area (Å²) in [7, 11) is 0. The van der Waals surface area contributed by atoms with Gasteiger partial charge in [-0.25, -0.2) is 0 Å². The summed E-state index contributed by atoms with van der Waals surface area (Å²) < 4.78 is 11.3. The maximum Gasteiger partial charge on any atom is 0.165 e. The number of hydrogen-bond donors (Lipinski definition) is 1. The average Bonchev–Trinajstić information content (AvgIpc) is 2.90. The second-order valence-electron chi connectivity index (χ2n) is 7.38. The van der Waals surface area contributed by atoms with Crippen molar-refractivity contribution in [2.75, 3.05) is 52.5 Å². The Morgan fingerprint density at radius 2 is 1.70 bits per heavy atom. The number of fused-ring (bicyclic) bond motifs is 1.